The molecule has 2 aliphatic heterocycles. The van der Waals surface area contributed by atoms with Crippen molar-refractivity contribution in [3.8, 4) is 0 Å². The van der Waals surface area contributed by atoms with E-state index in [0.717, 1.165) is 63.7 Å². The molecule has 0 N–H and O–H groups in total. The van der Waals surface area contributed by atoms with Gasteiger partial charge in [-0.05, 0) is 32.3 Å². The Bertz CT molecular complexity index is 543. The van der Waals surface area contributed by atoms with Gasteiger partial charge in [0.15, 0.2) is 0 Å². The molecule has 126 valence electrons. The third-order valence-corrected chi connectivity index (χ3v) is 4.84. The molecule has 2 unspecified atom stereocenters. The molecule has 2 fully saturated rings. The quantitative estimate of drug-likeness (QED) is 0.848. The number of hydrogen-bond donors (Lipinski definition) is 0. The Labute approximate surface area is 137 Å². The summed E-state index contributed by atoms with van der Waals surface area (Å²) in [6, 6.07) is 1.94. The van der Waals surface area contributed by atoms with E-state index in [-0.39, 0.29) is 17.9 Å². The van der Waals surface area contributed by atoms with Gasteiger partial charge in [-0.1, -0.05) is 6.92 Å². The highest BCUT2D eigenvalue weighted by Crippen LogP contribution is 2.26. The summed E-state index contributed by atoms with van der Waals surface area (Å²) < 4.78 is 5.78. The maximum atomic E-state index is 12.8. The second-order valence-electron chi connectivity index (χ2n) is 6.34. The van der Waals surface area contributed by atoms with Crippen LogP contribution in [0, 0.1) is 12.8 Å². The van der Waals surface area contributed by atoms with Crippen molar-refractivity contribution in [3.05, 3.63) is 18.1 Å². The van der Waals surface area contributed by atoms with Crippen molar-refractivity contribution in [1.29, 1.82) is 0 Å². The molecule has 0 aromatic carbocycles. The fourth-order valence-electron chi connectivity index (χ4n) is 3.54. The van der Waals surface area contributed by atoms with Gasteiger partial charge < -0.3 is 14.5 Å². The Balaban J connectivity index is 1.59. The van der Waals surface area contributed by atoms with Gasteiger partial charge in [-0.15, -0.1) is 0 Å². The van der Waals surface area contributed by atoms with Crippen molar-refractivity contribution in [1.82, 2.24) is 14.9 Å². The molecule has 0 radical (unpaired) electrons. The highest BCUT2D eigenvalue weighted by atomic mass is 16.5. The summed E-state index contributed by atoms with van der Waals surface area (Å²) in [7, 11) is 0. The molecular weight excluding hydrogens is 292 g/mol. The largest absolute Gasteiger partial charge is 0.377 e. The van der Waals surface area contributed by atoms with Gasteiger partial charge in [-0.2, -0.15) is 0 Å². The van der Waals surface area contributed by atoms with E-state index in [1.807, 2.05) is 17.9 Å². The van der Waals surface area contributed by atoms with E-state index in [1.165, 1.54) is 0 Å². The topological polar surface area (TPSA) is 58.6 Å². The molecule has 2 saturated heterocycles. The summed E-state index contributed by atoms with van der Waals surface area (Å²) in [5.41, 5.74) is 0. The van der Waals surface area contributed by atoms with Crippen LogP contribution in [0.15, 0.2) is 12.3 Å². The van der Waals surface area contributed by atoms with Crippen LogP contribution in [0.1, 0.15) is 32.0 Å². The van der Waals surface area contributed by atoms with Crippen LogP contribution in [0.25, 0.3) is 0 Å². The SMILES string of the molecule is CCC1OCCCC1C(=O)N1CCN(c2ccnc(C)n2)CC1. The number of rotatable bonds is 3. The van der Waals surface area contributed by atoms with Crippen LogP contribution < -0.4 is 4.90 Å². The molecule has 0 saturated carbocycles. The van der Waals surface area contributed by atoms with Crippen molar-refractivity contribution in [2.75, 3.05) is 37.7 Å². The van der Waals surface area contributed by atoms with E-state index in [1.54, 1.807) is 6.20 Å². The van der Waals surface area contributed by atoms with E-state index >= 15 is 0 Å². The number of carbonyl (C=O) groups excluding carboxylic acids is 1. The lowest BCUT2D eigenvalue weighted by Gasteiger charge is -2.39. The lowest BCUT2D eigenvalue weighted by atomic mass is 9.91. The minimum absolute atomic E-state index is 0.0431. The molecule has 0 bridgehead atoms. The van der Waals surface area contributed by atoms with Gasteiger partial charge in [0.2, 0.25) is 5.91 Å². The lowest BCUT2D eigenvalue weighted by molar-refractivity contribution is -0.145. The average molecular weight is 318 g/mol. The molecule has 0 spiro atoms. The fraction of sp³-hybridized carbons (Fsp3) is 0.706. The Kier molecular flexibility index (Phi) is 5.10. The number of hydrogen-bond acceptors (Lipinski definition) is 5. The standard InChI is InChI=1S/C17H26N4O2/c1-3-15-14(5-4-12-23-15)17(22)21-10-8-20(9-11-21)16-6-7-18-13(2)19-16/h6-7,14-15H,3-5,8-12H2,1-2H3. The lowest BCUT2D eigenvalue weighted by Crippen LogP contribution is -2.52. The number of aryl methyl sites for hydroxylation is 1. The van der Waals surface area contributed by atoms with Crippen molar-refractivity contribution in [2.24, 2.45) is 5.92 Å². The molecule has 2 aliphatic rings. The molecule has 3 heterocycles. The van der Waals surface area contributed by atoms with Crippen LogP contribution in [0.2, 0.25) is 0 Å². The van der Waals surface area contributed by atoms with Crippen LogP contribution in [0.3, 0.4) is 0 Å². The molecular formula is C17H26N4O2. The summed E-state index contributed by atoms with van der Waals surface area (Å²) in [6.07, 6.45) is 4.76. The summed E-state index contributed by atoms with van der Waals surface area (Å²) in [5.74, 6) is 2.06. The van der Waals surface area contributed by atoms with Gasteiger partial charge in [0.05, 0.1) is 12.0 Å². The molecule has 6 nitrogen and oxygen atoms in total. The van der Waals surface area contributed by atoms with Crippen LogP contribution >= 0.6 is 0 Å². The molecule has 2 atom stereocenters. The zero-order valence-electron chi connectivity index (χ0n) is 14.1. The predicted octanol–water partition coefficient (Wildman–Crippen LogP) is 1.64. The van der Waals surface area contributed by atoms with E-state index in [9.17, 15) is 4.79 Å². The van der Waals surface area contributed by atoms with Crippen molar-refractivity contribution < 1.29 is 9.53 Å². The monoisotopic (exact) mass is 318 g/mol. The highest BCUT2D eigenvalue weighted by Gasteiger charge is 2.34. The molecule has 3 rings (SSSR count). The van der Waals surface area contributed by atoms with Crippen LogP contribution in [0.5, 0.6) is 0 Å². The van der Waals surface area contributed by atoms with Gasteiger partial charge >= 0.3 is 0 Å². The molecule has 6 heteroatoms. The first-order valence-electron chi connectivity index (χ1n) is 8.64. The molecule has 0 aliphatic carbocycles. The van der Waals surface area contributed by atoms with Gasteiger partial charge in [0.25, 0.3) is 0 Å². The smallest absolute Gasteiger partial charge is 0.228 e. The van der Waals surface area contributed by atoms with E-state index < -0.39 is 0 Å². The maximum absolute atomic E-state index is 12.8. The predicted molar refractivity (Wildman–Crippen MR) is 88.3 cm³/mol. The van der Waals surface area contributed by atoms with Gasteiger partial charge in [0, 0.05) is 39.0 Å². The number of carbonyl (C=O) groups is 1. The number of ether oxygens (including phenoxy) is 1. The summed E-state index contributed by atoms with van der Waals surface area (Å²) in [4.78, 5) is 25.7. The Morgan fingerprint density at radius 2 is 2.13 bits per heavy atom. The summed E-state index contributed by atoms with van der Waals surface area (Å²) in [5, 5.41) is 0. The Morgan fingerprint density at radius 1 is 1.35 bits per heavy atom. The van der Waals surface area contributed by atoms with Crippen molar-refractivity contribution in [2.45, 2.75) is 39.2 Å². The van der Waals surface area contributed by atoms with Crippen molar-refractivity contribution in [3.63, 3.8) is 0 Å². The van der Waals surface area contributed by atoms with Gasteiger partial charge in [-0.25, -0.2) is 9.97 Å². The minimum atomic E-state index is 0.0431. The highest BCUT2D eigenvalue weighted by molar-refractivity contribution is 5.79. The zero-order valence-corrected chi connectivity index (χ0v) is 14.1. The molecule has 1 aromatic rings. The van der Waals surface area contributed by atoms with Crippen LogP contribution in [-0.4, -0.2) is 59.7 Å². The molecule has 1 aromatic heterocycles. The number of nitrogens with zero attached hydrogens (tertiary/aromatic N) is 4. The van der Waals surface area contributed by atoms with Crippen molar-refractivity contribution >= 4 is 11.7 Å². The zero-order chi connectivity index (χ0) is 16.2. The number of amides is 1. The molecule has 1 amide bonds. The third kappa shape index (κ3) is 3.63. The fourth-order valence-corrected chi connectivity index (χ4v) is 3.54. The maximum Gasteiger partial charge on any atom is 0.228 e. The Hall–Kier alpha value is -1.69. The first kappa shape index (κ1) is 16.2. The minimum Gasteiger partial charge on any atom is -0.377 e. The van der Waals surface area contributed by atoms with E-state index in [2.05, 4.69) is 21.8 Å². The van der Waals surface area contributed by atoms with Crippen LogP contribution in [0.4, 0.5) is 5.82 Å². The normalized spacial score (nSPS) is 25.5. The first-order chi connectivity index (χ1) is 11.2. The van der Waals surface area contributed by atoms with E-state index in [4.69, 9.17) is 4.74 Å². The number of aromatic nitrogens is 2. The molecule has 23 heavy (non-hydrogen) atoms. The van der Waals surface area contributed by atoms with Crippen LogP contribution in [-0.2, 0) is 9.53 Å². The average Bonchev–Trinajstić information content (AvgIpc) is 2.61. The Morgan fingerprint density at radius 3 is 2.83 bits per heavy atom. The number of anilines is 1. The third-order valence-electron chi connectivity index (χ3n) is 4.84. The summed E-state index contributed by atoms with van der Waals surface area (Å²) >= 11 is 0. The summed E-state index contributed by atoms with van der Waals surface area (Å²) in [6.45, 7) is 7.97. The van der Waals surface area contributed by atoms with Gasteiger partial charge in [-0.3, -0.25) is 4.79 Å². The second kappa shape index (κ2) is 7.25. The first-order valence-corrected chi connectivity index (χ1v) is 8.64. The van der Waals surface area contributed by atoms with E-state index in [0.29, 0.717) is 0 Å². The number of piperazine rings is 1. The van der Waals surface area contributed by atoms with Gasteiger partial charge in [0.1, 0.15) is 11.6 Å². The second-order valence-corrected chi connectivity index (χ2v) is 6.34.